The van der Waals surface area contributed by atoms with Crippen molar-refractivity contribution in [1.29, 1.82) is 0 Å². The number of carbonyl (C=O) groups excluding carboxylic acids is 1. The number of thioether (sulfide) groups is 1. The quantitative estimate of drug-likeness (QED) is 0.511. The van der Waals surface area contributed by atoms with E-state index in [1.807, 2.05) is 42.5 Å². The largest absolute Gasteiger partial charge is 0.349 e. The molecule has 2 aromatic heterocycles. The van der Waals surface area contributed by atoms with Crippen molar-refractivity contribution in [1.82, 2.24) is 19.9 Å². The molecule has 1 N–H and O–H groups in total. The molecule has 2 aromatic carbocycles. The molecular formula is C19H18N4OS2. The molecule has 2 heterocycles. The molecule has 5 nitrogen and oxygen atoms in total. The second-order valence-electron chi connectivity index (χ2n) is 5.77. The fraction of sp³-hybridized carbons (Fsp3) is 0.211. The van der Waals surface area contributed by atoms with Crippen LogP contribution in [0, 0.1) is 0 Å². The minimum absolute atomic E-state index is 0.0102. The zero-order valence-electron chi connectivity index (χ0n) is 14.3. The highest BCUT2D eigenvalue weighted by Crippen LogP contribution is 2.24. The number of aromatic nitrogens is 3. The molecule has 0 unspecified atom stereocenters. The van der Waals surface area contributed by atoms with Crippen molar-refractivity contribution in [3.63, 3.8) is 0 Å². The summed E-state index contributed by atoms with van der Waals surface area (Å²) in [6, 6.07) is 16.1. The van der Waals surface area contributed by atoms with Gasteiger partial charge in [0.05, 0.1) is 33.5 Å². The van der Waals surface area contributed by atoms with E-state index < -0.39 is 0 Å². The van der Waals surface area contributed by atoms with Gasteiger partial charge in [-0.2, -0.15) is 0 Å². The topological polar surface area (TPSA) is 59.8 Å². The van der Waals surface area contributed by atoms with Crippen LogP contribution in [0.15, 0.2) is 53.7 Å². The molecule has 1 amide bonds. The number of nitrogens with one attached hydrogen (secondary N) is 1. The molecule has 0 bridgehead atoms. The van der Waals surface area contributed by atoms with Crippen LogP contribution >= 0.6 is 23.1 Å². The van der Waals surface area contributed by atoms with Gasteiger partial charge in [0.2, 0.25) is 5.91 Å². The number of amides is 1. The summed E-state index contributed by atoms with van der Waals surface area (Å²) < 4.78 is 3.28. The second kappa shape index (κ2) is 7.47. The predicted octanol–water partition coefficient (Wildman–Crippen LogP) is 4.07. The Labute approximate surface area is 159 Å². The van der Waals surface area contributed by atoms with Crippen molar-refractivity contribution in [3.05, 3.63) is 53.5 Å². The zero-order chi connectivity index (χ0) is 17.9. The summed E-state index contributed by atoms with van der Waals surface area (Å²) in [5.74, 6) is 0.331. The van der Waals surface area contributed by atoms with E-state index in [9.17, 15) is 4.79 Å². The third kappa shape index (κ3) is 3.45. The van der Waals surface area contributed by atoms with Gasteiger partial charge in [0.25, 0.3) is 0 Å². The summed E-state index contributed by atoms with van der Waals surface area (Å²) in [5, 5.41) is 4.75. The molecule has 0 atom stereocenters. The first kappa shape index (κ1) is 17.1. The lowest BCUT2D eigenvalue weighted by molar-refractivity contribution is -0.118. The van der Waals surface area contributed by atoms with Gasteiger partial charge in [-0.1, -0.05) is 36.0 Å². The summed E-state index contributed by atoms with van der Waals surface area (Å²) in [6.45, 7) is 3.38. The summed E-state index contributed by atoms with van der Waals surface area (Å²) >= 11 is 3.08. The number of hydrogen-bond donors (Lipinski definition) is 1. The smallest absolute Gasteiger partial charge is 0.230 e. The predicted molar refractivity (Wildman–Crippen MR) is 108 cm³/mol. The highest BCUT2D eigenvalue weighted by molar-refractivity contribution is 7.99. The summed E-state index contributed by atoms with van der Waals surface area (Å²) in [7, 11) is 0. The molecule has 0 saturated carbocycles. The highest BCUT2D eigenvalue weighted by atomic mass is 32.2. The average Bonchev–Trinajstić information content (AvgIpc) is 3.24. The molecule has 0 spiro atoms. The number of rotatable bonds is 6. The van der Waals surface area contributed by atoms with Crippen LogP contribution in [0.25, 0.3) is 21.3 Å². The molecule has 0 radical (unpaired) electrons. The molecule has 132 valence electrons. The second-order valence-corrected chi connectivity index (χ2v) is 7.83. The van der Waals surface area contributed by atoms with Crippen molar-refractivity contribution < 1.29 is 4.79 Å². The van der Waals surface area contributed by atoms with E-state index in [1.54, 1.807) is 11.3 Å². The first-order chi connectivity index (χ1) is 12.7. The Bertz CT molecular complexity index is 1040. The maximum atomic E-state index is 12.2. The van der Waals surface area contributed by atoms with Gasteiger partial charge in [0, 0.05) is 6.54 Å². The van der Waals surface area contributed by atoms with Crippen molar-refractivity contribution in [3.8, 4) is 0 Å². The number of fused-ring (bicyclic) bond motifs is 2. The molecule has 4 aromatic rings. The van der Waals surface area contributed by atoms with Gasteiger partial charge in [0.15, 0.2) is 5.16 Å². The Kier molecular flexibility index (Phi) is 4.90. The third-order valence-electron chi connectivity index (χ3n) is 4.04. The summed E-state index contributed by atoms with van der Waals surface area (Å²) in [6.07, 6.45) is 0. The first-order valence-electron chi connectivity index (χ1n) is 8.44. The fourth-order valence-electron chi connectivity index (χ4n) is 2.82. The number of nitrogens with zero attached hydrogens (tertiary/aromatic N) is 3. The number of hydrogen-bond acceptors (Lipinski definition) is 5. The monoisotopic (exact) mass is 382 g/mol. The summed E-state index contributed by atoms with van der Waals surface area (Å²) in [5.41, 5.74) is 3.05. The van der Waals surface area contributed by atoms with Crippen molar-refractivity contribution in [2.24, 2.45) is 0 Å². The molecule has 0 saturated heterocycles. The van der Waals surface area contributed by atoms with Crippen LogP contribution in [-0.2, 0) is 17.9 Å². The van der Waals surface area contributed by atoms with Crippen molar-refractivity contribution in [2.45, 2.75) is 25.2 Å². The Balaban J connectivity index is 1.38. The van der Waals surface area contributed by atoms with Crippen LogP contribution in [0.4, 0.5) is 0 Å². The van der Waals surface area contributed by atoms with Gasteiger partial charge in [-0.15, -0.1) is 11.3 Å². The van der Waals surface area contributed by atoms with E-state index in [0.717, 1.165) is 38.0 Å². The highest BCUT2D eigenvalue weighted by Gasteiger charge is 2.12. The minimum atomic E-state index is -0.0102. The van der Waals surface area contributed by atoms with E-state index in [4.69, 9.17) is 0 Å². The number of aryl methyl sites for hydroxylation is 1. The molecule has 0 aliphatic heterocycles. The number of carbonyl (C=O) groups is 1. The lowest BCUT2D eigenvalue weighted by Gasteiger charge is -2.06. The van der Waals surface area contributed by atoms with Crippen LogP contribution in [0.5, 0.6) is 0 Å². The third-order valence-corrected chi connectivity index (χ3v) is 6.06. The standard InChI is InChI=1S/C19H18N4OS2/c1-2-23-15-9-5-3-7-13(15)22-19(23)25-12-17(24)20-11-18-21-14-8-4-6-10-16(14)26-18/h3-10H,2,11-12H2,1H3,(H,20,24). The van der Waals surface area contributed by atoms with Gasteiger partial charge in [-0.25, -0.2) is 9.97 Å². The molecule has 0 aliphatic carbocycles. The first-order valence-corrected chi connectivity index (χ1v) is 10.2. The zero-order valence-corrected chi connectivity index (χ0v) is 15.9. The van der Waals surface area contributed by atoms with E-state index >= 15 is 0 Å². The number of benzene rings is 2. The molecule has 7 heteroatoms. The molecule has 0 aliphatic rings. The molecule has 26 heavy (non-hydrogen) atoms. The maximum absolute atomic E-state index is 12.2. The van der Waals surface area contributed by atoms with Crippen LogP contribution in [-0.4, -0.2) is 26.2 Å². The molecular weight excluding hydrogens is 364 g/mol. The van der Waals surface area contributed by atoms with Crippen LogP contribution in [0.2, 0.25) is 0 Å². The molecule has 0 fully saturated rings. The SMILES string of the molecule is CCn1c(SCC(=O)NCc2nc3ccccc3s2)nc2ccccc21. The van der Waals surface area contributed by atoms with Crippen molar-refractivity contribution >= 4 is 50.3 Å². The van der Waals surface area contributed by atoms with Gasteiger partial charge < -0.3 is 9.88 Å². The van der Waals surface area contributed by atoms with Crippen molar-refractivity contribution in [2.75, 3.05) is 5.75 Å². The van der Waals surface area contributed by atoms with E-state index in [2.05, 4.69) is 32.8 Å². The van der Waals surface area contributed by atoms with E-state index in [0.29, 0.717) is 12.3 Å². The summed E-state index contributed by atoms with van der Waals surface area (Å²) in [4.78, 5) is 21.4. The number of imidazole rings is 1. The lowest BCUT2D eigenvalue weighted by atomic mass is 10.3. The van der Waals surface area contributed by atoms with Gasteiger partial charge in [0.1, 0.15) is 5.01 Å². The van der Waals surface area contributed by atoms with E-state index in [1.165, 1.54) is 11.8 Å². The normalized spacial score (nSPS) is 11.3. The van der Waals surface area contributed by atoms with Crippen LogP contribution in [0.3, 0.4) is 0 Å². The Morgan fingerprint density at radius 2 is 1.88 bits per heavy atom. The Morgan fingerprint density at radius 1 is 1.12 bits per heavy atom. The Hall–Kier alpha value is -2.38. The number of thiazole rings is 1. The van der Waals surface area contributed by atoms with Gasteiger partial charge >= 0.3 is 0 Å². The van der Waals surface area contributed by atoms with Crippen LogP contribution < -0.4 is 5.32 Å². The maximum Gasteiger partial charge on any atom is 0.230 e. The van der Waals surface area contributed by atoms with E-state index in [-0.39, 0.29) is 5.91 Å². The average molecular weight is 383 g/mol. The molecule has 4 rings (SSSR count). The fourth-order valence-corrected chi connectivity index (χ4v) is 4.64. The Morgan fingerprint density at radius 3 is 2.69 bits per heavy atom. The van der Waals surface area contributed by atoms with Gasteiger partial charge in [-0.3, -0.25) is 4.79 Å². The van der Waals surface area contributed by atoms with Gasteiger partial charge in [-0.05, 0) is 31.2 Å². The lowest BCUT2D eigenvalue weighted by Crippen LogP contribution is -2.24. The number of para-hydroxylation sites is 3. The van der Waals surface area contributed by atoms with Crippen LogP contribution in [0.1, 0.15) is 11.9 Å². The minimum Gasteiger partial charge on any atom is -0.349 e.